The van der Waals surface area contributed by atoms with Gasteiger partial charge in [0, 0.05) is 36.7 Å². The van der Waals surface area contributed by atoms with Crippen molar-refractivity contribution in [2.45, 2.75) is 13.0 Å². The van der Waals surface area contributed by atoms with E-state index in [2.05, 4.69) is 4.90 Å². The predicted octanol–water partition coefficient (Wildman–Crippen LogP) is 5.15. The second kappa shape index (κ2) is 9.50. The van der Waals surface area contributed by atoms with Gasteiger partial charge in [0.2, 0.25) is 0 Å². The standard InChI is InChI=1S/C28H28FNO5/c1-17-23-13-21(31)5-9-26(23)35-28(27(17)20-4-8-24(32)25(33)12-20)19-2-6-22(7-3-19)34-11-10-30-15-18(14-29)16-30/h2-9,12-13,18,28,31-33H,10-11,14-16H2,1H3/t28-/m0/s1. The van der Waals surface area contributed by atoms with Crippen LogP contribution in [0.3, 0.4) is 0 Å². The highest BCUT2D eigenvalue weighted by Crippen LogP contribution is 2.48. The molecule has 3 aromatic rings. The lowest BCUT2D eigenvalue weighted by atomic mass is 9.86. The molecule has 0 spiro atoms. The van der Waals surface area contributed by atoms with Crippen molar-refractivity contribution in [3.05, 3.63) is 77.4 Å². The summed E-state index contributed by atoms with van der Waals surface area (Å²) in [4.78, 5) is 2.18. The molecule has 1 fully saturated rings. The van der Waals surface area contributed by atoms with E-state index in [9.17, 15) is 19.7 Å². The van der Waals surface area contributed by atoms with E-state index in [-0.39, 0.29) is 29.8 Å². The molecule has 35 heavy (non-hydrogen) atoms. The largest absolute Gasteiger partial charge is 0.508 e. The zero-order chi connectivity index (χ0) is 24.5. The molecule has 0 radical (unpaired) electrons. The highest BCUT2D eigenvalue weighted by molar-refractivity contribution is 5.96. The van der Waals surface area contributed by atoms with Crippen LogP contribution in [0.5, 0.6) is 28.7 Å². The van der Waals surface area contributed by atoms with Crippen LogP contribution in [-0.4, -0.2) is 53.1 Å². The summed E-state index contributed by atoms with van der Waals surface area (Å²) in [5, 5.41) is 30.0. The van der Waals surface area contributed by atoms with Crippen LogP contribution in [0, 0.1) is 5.92 Å². The SMILES string of the molecule is CC1=C(c2ccc(O)c(O)c2)[C@H](c2ccc(OCCN3CC(CF)C3)cc2)Oc2ccc(O)cc21. The van der Waals surface area contributed by atoms with E-state index in [4.69, 9.17) is 9.47 Å². The summed E-state index contributed by atoms with van der Waals surface area (Å²) in [6.45, 7) is 4.58. The summed E-state index contributed by atoms with van der Waals surface area (Å²) >= 11 is 0. The number of phenolic OH excluding ortho intramolecular Hbond substituents is 3. The molecular formula is C28H28FNO5. The smallest absolute Gasteiger partial charge is 0.158 e. The molecule has 0 bridgehead atoms. The van der Waals surface area contributed by atoms with Gasteiger partial charge in [0.15, 0.2) is 11.5 Å². The zero-order valence-electron chi connectivity index (χ0n) is 19.4. The lowest BCUT2D eigenvalue weighted by molar-refractivity contribution is 0.0668. The Morgan fingerprint density at radius 3 is 2.46 bits per heavy atom. The first-order chi connectivity index (χ1) is 16.9. The highest BCUT2D eigenvalue weighted by atomic mass is 19.1. The van der Waals surface area contributed by atoms with E-state index >= 15 is 0 Å². The normalized spacial score (nSPS) is 18.1. The van der Waals surface area contributed by atoms with Crippen molar-refractivity contribution in [3.8, 4) is 28.7 Å². The van der Waals surface area contributed by atoms with E-state index in [1.165, 1.54) is 12.1 Å². The number of nitrogens with zero attached hydrogens (tertiary/aromatic N) is 1. The predicted molar refractivity (Wildman–Crippen MR) is 132 cm³/mol. The number of ether oxygens (including phenoxy) is 2. The number of likely N-dealkylation sites (tertiary alicyclic amines) is 1. The molecular weight excluding hydrogens is 449 g/mol. The lowest BCUT2D eigenvalue weighted by Gasteiger charge is -2.37. The third-order valence-electron chi connectivity index (χ3n) is 6.67. The number of phenols is 3. The zero-order valence-corrected chi connectivity index (χ0v) is 19.4. The first-order valence-corrected chi connectivity index (χ1v) is 11.7. The van der Waals surface area contributed by atoms with E-state index in [1.807, 2.05) is 31.2 Å². The molecule has 1 atom stereocenters. The molecule has 7 heteroatoms. The Labute approximate surface area is 203 Å². The van der Waals surface area contributed by atoms with Gasteiger partial charge in [0.05, 0.1) is 6.67 Å². The van der Waals surface area contributed by atoms with Gasteiger partial charge in [0.25, 0.3) is 0 Å². The van der Waals surface area contributed by atoms with Gasteiger partial charge in [-0.1, -0.05) is 18.2 Å². The van der Waals surface area contributed by atoms with Crippen LogP contribution in [0.4, 0.5) is 4.39 Å². The van der Waals surface area contributed by atoms with Crippen molar-refractivity contribution >= 4 is 11.1 Å². The maximum atomic E-state index is 12.6. The molecule has 5 rings (SSSR count). The van der Waals surface area contributed by atoms with Gasteiger partial charge in [0.1, 0.15) is 30.0 Å². The van der Waals surface area contributed by atoms with Crippen LogP contribution >= 0.6 is 0 Å². The minimum atomic E-state index is -0.469. The second-order valence-electron chi connectivity index (χ2n) is 9.12. The van der Waals surface area contributed by atoms with Gasteiger partial charge in [-0.25, -0.2) is 0 Å². The Morgan fingerprint density at radius 1 is 0.971 bits per heavy atom. The number of benzene rings is 3. The number of hydrogen-bond acceptors (Lipinski definition) is 6. The maximum Gasteiger partial charge on any atom is 0.158 e. The fraction of sp³-hybridized carbons (Fsp3) is 0.286. The fourth-order valence-corrected chi connectivity index (χ4v) is 4.72. The van der Waals surface area contributed by atoms with Crippen molar-refractivity contribution in [2.24, 2.45) is 5.92 Å². The Kier molecular flexibility index (Phi) is 6.26. The van der Waals surface area contributed by atoms with Gasteiger partial charge in [-0.2, -0.15) is 0 Å². The van der Waals surface area contributed by atoms with Crippen molar-refractivity contribution in [1.82, 2.24) is 4.90 Å². The number of halogens is 1. The number of rotatable bonds is 7. The first-order valence-electron chi connectivity index (χ1n) is 11.7. The molecule has 0 amide bonds. The topological polar surface area (TPSA) is 82.4 Å². The maximum absolute atomic E-state index is 12.6. The van der Waals surface area contributed by atoms with Gasteiger partial charge in [-0.05, 0) is 66.1 Å². The minimum Gasteiger partial charge on any atom is -0.508 e. The highest BCUT2D eigenvalue weighted by Gasteiger charge is 2.30. The summed E-state index contributed by atoms with van der Waals surface area (Å²) in [5.74, 6) is 1.28. The summed E-state index contributed by atoms with van der Waals surface area (Å²) in [6.07, 6.45) is -0.469. The van der Waals surface area contributed by atoms with Gasteiger partial charge >= 0.3 is 0 Å². The lowest BCUT2D eigenvalue weighted by Crippen LogP contribution is -2.49. The average Bonchev–Trinajstić information content (AvgIpc) is 2.83. The molecule has 3 aromatic carbocycles. The van der Waals surface area contributed by atoms with Crippen LogP contribution in [0.25, 0.3) is 11.1 Å². The van der Waals surface area contributed by atoms with Gasteiger partial charge in [-0.15, -0.1) is 0 Å². The Morgan fingerprint density at radius 2 is 1.74 bits per heavy atom. The van der Waals surface area contributed by atoms with Crippen LogP contribution in [0.15, 0.2) is 60.7 Å². The minimum absolute atomic E-state index is 0.137. The summed E-state index contributed by atoms with van der Waals surface area (Å²) in [6, 6.07) is 17.4. The quantitative estimate of drug-likeness (QED) is 0.409. The molecule has 2 heterocycles. The van der Waals surface area contributed by atoms with Crippen molar-refractivity contribution < 1.29 is 29.2 Å². The molecule has 6 nitrogen and oxygen atoms in total. The molecule has 0 aliphatic carbocycles. The number of hydrogen-bond donors (Lipinski definition) is 3. The van der Waals surface area contributed by atoms with E-state index in [0.717, 1.165) is 47.7 Å². The van der Waals surface area contributed by atoms with Crippen LogP contribution in [0.2, 0.25) is 0 Å². The Hall–Kier alpha value is -3.71. The van der Waals surface area contributed by atoms with Crippen molar-refractivity contribution in [3.63, 3.8) is 0 Å². The van der Waals surface area contributed by atoms with E-state index < -0.39 is 6.10 Å². The van der Waals surface area contributed by atoms with Crippen molar-refractivity contribution in [2.75, 3.05) is 32.9 Å². The second-order valence-corrected chi connectivity index (χ2v) is 9.12. The number of allylic oxidation sites excluding steroid dienone is 1. The molecule has 182 valence electrons. The van der Waals surface area contributed by atoms with Crippen LogP contribution < -0.4 is 9.47 Å². The average molecular weight is 478 g/mol. The summed E-state index contributed by atoms with van der Waals surface area (Å²) < 4.78 is 24.8. The molecule has 2 aliphatic heterocycles. The molecule has 0 saturated carbocycles. The van der Waals surface area contributed by atoms with Crippen molar-refractivity contribution in [1.29, 1.82) is 0 Å². The third kappa shape index (κ3) is 4.64. The summed E-state index contributed by atoms with van der Waals surface area (Å²) in [7, 11) is 0. The molecule has 3 N–H and O–H groups in total. The van der Waals surface area contributed by atoms with E-state index in [0.29, 0.717) is 17.9 Å². The number of aromatic hydroxyl groups is 3. The first kappa shape index (κ1) is 23.1. The van der Waals surface area contributed by atoms with Crippen LogP contribution in [0.1, 0.15) is 29.7 Å². The van der Waals surface area contributed by atoms with E-state index in [1.54, 1.807) is 24.3 Å². The number of fused-ring (bicyclic) bond motifs is 1. The Balaban J connectivity index is 1.40. The van der Waals surface area contributed by atoms with Gasteiger partial charge < -0.3 is 24.8 Å². The molecule has 2 aliphatic rings. The monoisotopic (exact) mass is 477 g/mol. The van der Waals surface area contributed by atoms with Gasteiger partial charge in [-0.3, -0.25) is 9.29 Å². The molecule has 0 unspecified atom stereocenters. The third-order valence-corrected chi connectivity index (χ3v) is 6.67. The number of alkyl halides is 1. The molecule has 1 saturated heterocycles. The summed E-state index contributed by atoms with van der Waals surface area (Å²) in [5.41, 5.74) is 4.10. The molecule has 0 aromatic heterocycles. The fourth-order valence-electron chi connectivity index (χ4n) is 4.72. The van der Waals surface area contributed by atoms with Crippen LogP contribution in [-0.2, 0) is 0 Å². The Bertz CT molecular complexity index is 1250.